The molecule has 0 saturated heterocycles. The topological polar surface area (TPSA) is 87.2 Å². The summed E-state index contributed by atoms with van der Waals surface area (Å²) in [7, 11) is -3.59. The molecule has 0 heterocycles. The van der Waals surface area contributed by atoms with E-state index >= 15 is 0 Å². The van der Waals surface area contributed by atoms with Crippen molar-refractivity contribution < 1.29 is 8.42 Å². The van der Waals surface area contributed by atoms with Gasteiger partial charge in [-0.2, -0.15) is 9.57 Å². The predicted molar refractivity (Wildman–Crippen MR) is 74.7 cm³/mol. The highest BCUT2D eigenvalue weighted by Crippen LogP contribution is 2.19. The SMILES string of the molecule is CC(C)CN(CCC#N)S(=O)(=O)c1cccc(N)c1. The van der Waals surface area contributed by atoms with Gasteiger partial charge in [0.25, 0.3) is 0 Å². The number of benzene rings is 1. The summed E-state index contributed by atoms with van der Waals surface area (Å²) in [6, 6.07) is 8.19. The monoisotopic (exact) mass is 281 g/mol. The van der Waals surface area contributed by atoms with E-state index in [1.807, 2.05) is 19.9 Å². The molecule has 19 heavy (non-hydrogen) atoms. The van der Waals surface area contributed by atoms with Crippen LogP contribution in [-0.4, -0.2) is 25.8 Å². The van der Waals surface area contributed by atoms with E-state index in [4.69, 9.17) is 11.0 Å². The predicted octanol–water partition coefficient (Wildman–Crippen LogP) is 1.83. The van der Waals surface area contributed by atoms with E-state index in [1.54, 1.807) is 12.1 Å². The lowest BCUT2D eigenvalue weighted by atomic mass is 10.2. The maximum atomic E-state index is 12.5. The second kappa shape index (κ2) is 6.55. The molecule has 5 nitrogen and oxygen atoms in total. The van der Waals surface area contributed by atoms with E-state index in [9.17, 15) is 8.42 Å². The fourth-order valence-corrected chi connectivity index (χ4v) is 3.38. The van der Waals surface area contributed by atoms with Gasteiger partial charge in [0.05, 0.1) is 11.0 Å². The standard InChI is InChI=1S/C13H19N3O2S/c1-11(2)10-16(8-4-7-14)19(17,18)13-6-3-5-12(15)9-13/h3,5-6,9,11H,4,8,10,15H2,1-2H3. The van der Waals surface area contributed by atoms with Crippen LogP contribution in [0.15, 0.2) is 29.2 Å². The molecule has 0 spiro atoms. The number of nitrogen functional groups attached to an aromatic ring is 1. The first-order valence-electron chi connectivity index (χ1n) is 6.10. The molecular formula is C13H19N3O2S. The summed E-state index contributed by atoms with van der Waals surface area (Å²) in [4.78, 5) is 0.172. The maximum Gasteiger partial charge on any atom is 0.243 e. The van der Waals surface area contributed by atoms with Crippen molar-refractivity contribution in [2.75, 3.05) is 18.8 Å². The Morgan fingerprint density at radius 2 is 2.11 bits per heavy atom. The number of rotatable bonds is 6. The molecule has 0 unspecified atom stereocenters. The lowest BCUT2D eigenvalue weighted by molar-refractivity contribution is 0.373. The minimum absolute atomic E-state index is 0.172. The Balaban J connectivity index is 3.08. The summed E-state index contributed by atoms with van der Waals surface area (Å²) in [5.74, 6) is 0.189. The normalized spacial score (nSPS) is 11.7. The van der Waals surface area contributed by atoms with Crippen LogP contribution in [0.25, 0.3) is 0 Å². The highest BCUT2D eigenvalue weighted by Gasteiger charge is 2.24. The summed E-state index contributed by atoms with van der Waals surface area (Å²) in [5, 5.41) is 8.64. The number of nitriles is 1. The molecule has 0 aliphatic heterocycles. The smallest absolute Gasteiger partial charge is 0.243 e. The first-order chi connectivity index (χ1) is 8.87. The third-order valence-electron chi connectivity index (χ3n) is 2.54. The first-order valence-corrected chi connectivity index (χ1v) is 7.54. The van der Waals surface area contributed by atoms with Gasteiger partial charge in [-0.05, 0) is 24.1 Å². The molecule has 0 aliphatic rings. The van der Waals surface area contributed by atoms with Crippen molar-refractivity contribution in [2.45, 2.75) is 25.2 Å². The molecule has 0 radical (unpaired) electrons. The van der Waals surface area contributed by atoms with Crippen LogP contribution in [0.5, 0.6) is 0 Å². The van der Waals surface area contributed by atoms with Gasteiger partial charge in [0.2, 0.25) is 10.0 Å². The van der Waals surface area contributed by atoms with E-state index in [2.05, 4.69) is 0 Å². The van der Waals surface area contributed by atoms with Gasteiger partial charge >= 0.3 is 0 Å². The van der Waals surface area contributed by atoms with Gasteiger partial charge in [-0.3, -0.25) is 0 Å². The van der Waals surface area contributed by atoms with E-state index < -0.39 is 10.0 Å². The summed E-state index contributed by atoms with van der Waals surface area (Å²) < 4.78 is 26.3. The van der Waals surface area contributed by atoms with E-state index in [1.165, 1.54) is 16.4 Å². The fourth-order valence-electron chi connectivity index (χ4n) is 1.72. The average Bonchev–Trinajstić information content (AvgIpc) is 2.34. The molecule has 2 N–H and O–H groups in total. The molecule has 1 rings (SSSR count). The van der Waals surface area contributed by atoms with Crippen LogP contribution in [0, 0.1) is 17.2 Å². The fraction of sp³-hybridized carbons (Fsp3) is 0.462. The lowest BCUT2D eigenvalue weighted by Gasteiger charge is -2.23. The number of hydrogen-bond donors (Lipinski definition) is 1. The minimum atomic E-state index is -3.59. The number of anilines is 1. The maximum absolute atomic E-state index is 12.5. The van der Waals surface area contributed by atoms with E-state index in [0.29, 0.717) is 12.2 Å². The molecule has 0 bridgehead atoms. The molecule has 0 atom stereocenters. The van der Waals surface area contributed by atoms with Crippen LogP contribution in [0.3, 0.4) is 0 Å². The quantitative estimate of drug-likeness (QED) is 0.806. The van der Waals surface area contributed by atoms with Crippen molar-refractivity contribution >= 4 is 15.7 Å². The molecule has 104 valence electrons. The summed E-state index contributed by atoms with van der Waals surface area (Å²) in [6.45, 7) is 4.47. The molecule has 6 heteroatoms. The van der Waals surface area contributed by atoms with Crippen LogP contribution in [0.4, 0.5) is 5.69 Å². The number of sulfonamides is 1. The summed E-state index contributed by atoms with van der Waals surface area (Å²) in [6.07, 6.45) is 0.175. The molecule has 0 aliphatic carbocycles. The first kappa shape index (κ1) is 15.5. The van der Waals surface area contributed by atoms with Crippen LogP contribution < -0.4 is 5.73 Å². The molecule has 1 aromatic carbocycles. The average molecular weight is 281 g/mol. The van der Waals surface area contributed by atoms with Gasteiger partial charge < -0.3 is 5.73 Å². The highest BCUT2D eigenvalue weighted by atomic mass is 32.2. The number of nitrogens with two attached hydrogens (primary N) is 1. The third-order valence-corrected chi connectivity index (χ3v) is 4.40. The number of nitrogens with zero attached hydrogens (tertiary/aromatic N) is 2. The van der Waals surface area contributed by atoms with Crippen molar-refractivity contribution in [1.82, 2.24) is 4.31 Å². The molecule has 0 fully saturated rings. The third kappa shape index (κ3) is 4.23. The zero-order valence-corrected chi connectivity index (χ0v) is 12.0. The highest BCUT2D eigenvalue weighted by molar-refractivity contribution is 7.89. The Hall–Kier alpha value is -1.58. The van der Waals surface area contributed by atoms with Gasteiger partial charge in [-0.25, -0.2) is 8.42 Å². The molecule has 0 amide bonds. The van der Waals surface area contributed by atoms with Gasteiger partial charge in [-0.1, -0.05) is 19.9 Å². The van der Waals surface area contributed by atoms with Gasteiger partial charge in [0.15, 0.2) is 0 Å². The Bertz CT molecular complexity index is 561. The molecule has 1 aromatic rings. The minimum Gasteiger partial charge on any atom is -0.399 e. The second-order valence-electron chi connectivity index (χ2n) is 4.74. The van der Waals surface area contributed by atoms with Crippen LogP contribution in [-0.2, 0) is 10.0 Å². The van der Waals surface area contributed by atoms with E-state index in [0.717, 1.165) is 0 Å². The van der Waals surface area contributed by atoms with Crippen molar-refractivity contribution in [3.8, 4) is 6.07 Å². The van der Waals surface area contributed by atoms with Crippen molar-refractivity contribution in [3.05, 3.63) is 24.3 Å². The molecule has 0 aromatic heterocycles. The van der Waals surface area contributed by atoms with Crippen molar-refractivity contribution in [3.63, 3.8) is 0 Å². The Labute approximate surface area is 114 Å². The van der Waals surface area contributed by atoms with Crippen LogP contribution in [0.2, 0.25) is 0 Å². The number of hydrogen-bond acceptors (Lipinski definition) is 4. The van der Waals surface area contributed by atoms with Gasteiger partial charge in [-0.15, -0.1) is 0 Å². The molecule has 0 saturated carbocycles. The van der Waals surface area contributed by atoms with Crippen molar-refractivity contribution in [2.24, 2.45) is 5.92 Å². The van der Waals surface area contributed by atoms with Crippen molar-refractivity contribution in [1.29, 1.82) is 5.26 Å². The van der Waals surface area contributed by atoms with Crippen LogP contribution in [0.1, 0.15) is 20.3 Å². The summed E-state index contributed by atoms with van der Waals surface area (Å²) in [5.41, 5.74) is 6.03. The van der Waals surface area contributed by atoms with Gasteiger partial charge in [0, 0.05) is 25.2 Å². The zero-order chi connectivity index (χ0) is 14.5. The lowest BCUT2D eigenvalue weighted by Crippen LogP contribution is -2.35. The Morgan fingerprint density at radius 1 is 1.42 bits per heavy atom. The largest absolute Gasteiger partial charge is 0.399 e. The summed E-state index contributed by atoms with van der Waals surface area (Å²) >= 11 is 0. The van der Waals surface area contributed by atoms with Gasteiger partial charge in [0.1, 0.15) is 0 Å². The Morgan fingerprint density at radius 3 is 2.63 bits per heavy atom. The Kier molecular flexibility index (Phi) is 5.33. The zero-order valence-electron chi connectivity index (χ0n) is 11.2. The second-order valence-corrected chi connectivity index (χ2v) is 6.68. The van der Waals surface area contributed by atoms with E-state index in [-0.39, 0.29) is 23.8 Å². The van der Waals surface area contributed by atoms with Crippen LogP contribution >= 0.6 is 0 Å². The molecular weight excluding hydrogens is 262 g/mol.